The molecule has 192 valence electrons. The number of aryl methyl sites for hydroxylation is 2. The van der Waals surface area contributed by atoms with Gasteiger partial charge in [-0.3, -0.25) is 14.4 Å². The minimum atomic E-state index is -0.473. The molecule has 2 aliphatic rings. The first-order valence-corrected chi connectivity index (χ1v) is 13.6. The Morgan fingerprint density at radius 3 is 2.68 bits per heavy atom. The largest absolute Gasteiger partial charge is 0.356 e. The van der Waals surface area contributed by atoms with Crippen molar-refractivity contribution in [3.63, 3.8) is 0 Å². The molecule has 37 heavy (non-hydrogen) atoms. The van der Waals surface area contributed by atoms with Crippen LogP contribution >= 0.6 is 11.3 Å². The van der Waals surface area contributed by atoms with Crippen LogP contribution in [0.5, 0.6) is 0 Å². The quantitative estimate of drug-likeness (QED) is 0.467. The van der Waals surface area contributed by atoms with Crippen molar-refractivity contribution < 1.29 is 4.79 Å². The normalized spacial score (nSPS) is 17.4. The maximum absolute atomic E-state index is 13.1. The summed E-state index contributed by atoms with van der Waals surface area (Å²) in [6.45, 7) is 11.9. The third kappa shape index (κ3) is 5.21. The third-order valence-corrected chi connectivity index (χ3v) is 8.28. The molecule has 1 atom stereocenters. The molecule has 2 aromatic heterocycles. The van der Waals surface area contributed by atoms with Crippen molar-refractivity contribution in [2.45, 2.75) is 39.7 Å². The average molecular weight is 517 g/mol. The summed E-state index contributed by atoms with van der Waals surface area (Å²) in [4.78, 5) is 21.8. The molecule has 0 saturated carbocycles. The minimum Gasteiger partial charge on any atom is -0.356 e. The minimum absolute atomic E-state index is 0.0430. The van der Waals surface area contributed by atoms with Crippen LogP contribution in [0, 0.1) is 32.1 Å². The highest BCUT2D eigenvalue weighted by Crippen LogP contribution is 2.39. The van der Waals surface area contributed by atoms with Gasteiger partial charge in [0.05, 0.1) is 23.8 Å². The number of amides is 1. The number of carbonyl (C=O) groups excluding carboxylic acids is 1. The van der Waals surface area contributed by atoms with E-state index >= 15 is 0 Å². The predicted molar refractivity (Wildman–Crippen MR) is 145 cm³/mol. The Morgan fingerprint density at radius 1 is 1.19 bits per heavy atom. The Morgan fingerprint density at radius 2 is 1.95 bits per heavy atom. The second kappa shape index (κ2) is 10.9. The molecule has 0 unspecified atom stereocenters. The molecule has 0 radical (unpaired) electrons. The highest BCUT2D eigenvalue weighted by molar-refractivity contribution is 7.15. The van der Waals surface area contributed by atoms with E-state index < -0.39 is 6.04 Å². The van der Waals surface area contributed by atoms with Crippen LogP contribution in [0.25, 0.3) is 5.00 Å². The molecule has 0 spiro atoms. The number of aliphatic imine (C=N–C) groups is 1. The number of aromatic nitrogens is 3. The number of rotatable bonds is 7. The molecule has 0 bridgehead atoms. The number of hydrogen-bond acceptors (Lipinski definition) is 8. The number of benzene rings is 1. The Hall–Kier alpha value is -3.39. The van der Waals surface area contributed by atoms with Gasteiger partial charge in [0, 0.05) is 48.7 Å². The number of thiophene rings is 1. The second-order valence-electron chi connectivity index (χ2n) is 9.59. The van der Waals surface area contributed by atoms with E-state index in [1.165, 1.54) is 4.88 Å². The van der Waals surface area contributed by atoms with Crippen LogP contribution in [0.1, 0.15) is 57.7 Å². The summed E-state index contributed by atoms with van der Waals surface area (Å²) < 4.78 is 2.06. The Kier molecular flexibility index (Phi) is 7.46. The maximum atomic E-state index is 13.1. The van der Waals surface area contributed by atoms with Crippen LogP contribution in [-0.4, -0.2) is 70.6 Å². The second-order valence-corrected chi connectivity index (χ2v) is 10.8. The molecule has 4 heterocycles. The van der Waals surface area contributed by atoms with Gasteiger partial charge in [-0.05, 0) is 51.4 Å². The lowest BCUT2D eigenvalue weighted by atomic mass is 9.99. The molecule has 2 N–H and O–H groups in total. The van der Waals surface area contributed by atoms with Gasteiger partial charge in [0.15, 0.2) is 5.82 Å². The first-order valence-electron chi connectivity index (χ1n) is 12.8. The van der Waals surface area contributed by atoms with Gasteiger partial charge in [0.1, 0.15) is 16.9 Å². The molecule has 0 aliphatic carbocycles. The molecule has 2 aliphatic heterocycles. The zero-order chi connectivity index (χ0) is 25.9. The first-order chi connectivity index (χ1) is 18.0. The van der Waals surface area contributed by atoms with Gasteiger partial charge in [-0.15, -0.1) is 21.5 Å². The lowest BCUT2D eigenvalue weighted by Crippen LogP contribution is -2.44. The molecular formula is C27H32N8OS. The van der Waals surface area contributed by atoms with Crippen molar-refractivity contribution in [2.24, 2.45) is 4.99 Å². The fraction of sp³-hybridized carbons (Fsp3) is 0.444. The van der Waals surface area contributed by atoms with Crippen molar-refractivity contribution in [3.8, 4) is 11.1 Å². The SMILES string of the molecule is Cc1sc2c(c1C)C(c1ccc(C#N)cc1)=N[C@H](CC(=O)NCCCN1CCNCC1)c1nnc(C)n1-2. The monoisotopic (exact) mass is 516 g/mol. The van der Waals surface area contributed by atoms with Crippen LogP contribution in [0.15, 0.2) is 29.3 Å². The summed E-state index contributed by atoms with van der Waals surface area (Å²) in [5.41, 5.74) is 4.53. The smallest absolute Gasteiger partial charge is 0.222 e. The van der Waals surface area contributed by atoms with E-state index in [2.05, 4.69) is 50.2 Å². The number of nitrogens with zero attached hydrogens (tertiary/aromatic N) is 6. The van der Waals surface area contributed by atoms with Crippen molar-refractivity contribution in [1.82, 2.24) is 30.3 Å². The van der Waals surface area contributed by atoms with Crippen LogP contribution in [-0.2, 0) is 4.79 Å². The van der Waals surface area contributed by atoms with Crippen LogP contribution in [0.4, 0.5) is 0 Å². The van der Waals surface area contributed by atoms with Gasteiger partial charge in [-0.25, -0.2) is 0 Å². The average Bonchev–Trinajstić information content (AvgIpc) is 3.39. The molecule has 1 aromatic carbocycles. The lowest BCUT2D eigenvalue weighted by molar-refractivity contribution is -0.121. The van der Waals surface area contributed by atoms with E-state index in [0.29, 0.717) is 17.9 Å². The number of carbonyl (C=O) groups is 1. The molecule has 5 rings (SSSR count). The number of nitriles is 1. The van der Waals surface area contributed by atoms with E-state index in [-0.39, 0.29) is 12.3 Å². The van der Waals surface area contributed by atoms with Gasteiger partial charge in [-0.2, -0.15) is 5.26 Å². The molecule has 1 saturated heterocycles. The van der Waals surface area contributed by atoms with E-state index in [9.17, 15) is 10.1 Å². The highest BCUT2D eigenvalue weighted by atomic mass is 32.1. The Balaban J connectivity index is 1.42. The van der Waals surface area contributed by atoms with Crippen molar-refractivity contribution >= 4 is 23.0 Å². The summed E-state index contributed by atoms with van der Waals surface area (Å²) in [6.07, 6.45) is 1.11. The van der Waals surface area contributed by atoms with E-state index in [4.69, 9.17) is 4.99 Å². The summed E-state index contributed by atoms with van der Waals surface area (Å²) >= 11 is 1.69. The summed E-state index contributed by atoms with van der Waals surface area (Å²) in [7, 11) is 0. The molecule has 3 aromatic rings. The topological polar surface area (TPSA) is 111 Å². The predicted octanol–water partition coefficient (Wildman–Crippen LogP) is 2.82. The third-order valence-electron chi connectivity index (χ3n) is 7.09. The van der Waals surface area contributed by atoms with E-state index in [1.807, 2.05) is 31.2 Å². The lowest BCUT2D eigenvalue weighted by Gasteiger charge is -2.27. The molecule has 1 fully saturated rings. The van der Waals surface area contributed by atoms with Gasteiger partial charge in [-0.1, -0.05) is 12.1 Å². The number of nitrogens with one attached hydrogen (secondary N) is 2. The maximum Gasteiger partial charge on any atom is 0.222 e. The summed E-state index contributed by atoms with van der Waals surface area (Å²) in [5, 5.41) is 25.6. The van der Waals surface area contributed by atoms with Crippen LogP contribution in [0.3, 0.4) is 0 Å². The summed E-state index contributed by atoms with van der Waals surface area (Å²) in [6, 6.07) is 9.19. The molecule has 1 amide bonds. The van der Waals surface area contributed by atoms with Crippen LogP contribution in [0.2, 0.25) is 0 Å². The van der Waals surface area contributed by atoms with Gasteiger partial charge in [0.25, 0.3) is 0 Å². The standard InChI is InChI=1S/C27H32N8OS/c1-17-18(2)37-27-24(17)25(21-7-5-20(16-28)6-8-21)31-22(26-33-32-19(3)35(26)27)15-23(36)30-9-4-12-34-13-10-29-11-14-34/h5-8,22,29H,4,9-15H2,1-3H3,(H,30,36)/t22-/m1/s1. The molecular weight excluding hydrogens is 484 g/mol. The molecule has 9 nitrogen and oxygen atoms in total. The van der Waals surface area contributed by atoms with E-state index in [0.717, 1.165) is 72.4 Å². The first kappa shape index (κ1) is 25.3. The fourth-order valence-corrected chi connectivity index (χ4v) is 6.15. The highest BCUT2D eigenvalue weighted by Gasteiger charge is 2.32. The van der Waals surface area contributed by atoms with Crippen molar-refractivity contribution in [1.29, 1.82) is 5.26 Å². The number of piperazine rings is 1. The summed E-state index contributed by atoms with van der Waals surface area (Å²) in [5.74, 6) is 1.41. The zero-order valence-corrected chi connectivity index (χ0v) is 22.4. The van der Waals surface area contributed by atoms with Gasteiger partial charge in [0.2, 0.25) is 5.91 Å². The van der Waals surface area contributed by atoms with Crippen LogP contribution < -0.4 is 10.6 Å². The van der Waals surface area contributed by atoms with Crippen molar-refractivity contribution in [2.75, 3.05) is 39.3 Å². The Labute approximate surface area is 221 Å². The molecule has 10 heteroatoms. The number of hydrogen-bond donors (Lipinski definition) is 2. The van der Waals surface area contributed by atoms with Gasteiger partial charge >= 0.3 is 0 Å². The van der Waals surface area contributed by atoms with Crippen molar-refractivity contribution in [3.05, 3.63) is 63.0 Å². The van der Waals surface area contributed by atoms with E-state index in [1.54, 1.807) is 11.3 Å². The zero-order valence-electron chi connectivity index (χ0n) is 21.5. The Bertz CT molecular complexity index is 1360. The fourth-order valence-electron chi connectivity index (χ4n) is 4.94. The number of fused-ring (bicyclic) bond motifs is 3. The van der Waals surface area contributed by atoms with Gasteiger partial charge < -0.3 is 15.5 Å².